The molecule has 30 heavy (non-hydrogen) atoms. The predicted molar refractivity (Wildman–Crippen MR) is 116 cm³/mol. The number of hydrogen-bond donors (Lipinski definition) is 3. The van der Waals surface area contributed by atoms with Crippen molar-refractivity contribution in [2.24, 2.45) is 5.92 Å². The number of rotatable bonds is 5. The predicted octanol–water partition coefficient (Wildman–Crippen LogP) is 2.87. The lowest BCUT2D eigenvalue weighted by Gasteiger charge is -2.19. The molecule has 4 atom stereocenters. The van der Waals surface area contributed by atoms with Crippen LogP contribution in [0.5, 0.6) is 0 Å². The number of aliphatic hydroxyl groups is 2. The summed E-state index contributed by atoms with van der Waals surface area (Å²) in [5.74, 6) is 0.461. The molecule has 5 rings (SSSR count). The van der Waals surface area contributed by atoms with Gasteiger partial charge in [-0.1, -0.05) is 18.2 Å². The monoisotopic (exact) mass is 403 g/mol. The van der Waals surface area contributed by atoms with Crippen LogP contribution in [0, 0.1) is 5.92 Å². The number of benzene rings is 1. The zero-order valence-corrected chi connectivity index (χ0v) is 16.6. The lowest BCUT2D eigenvalue weighted by atomic mass is 9.95. The standard InChI is InChI=1S/C23H25N5O2/c24-22-17-8-10-28(23(17)27-13-26-22)19-11-16(20(29)21(19)30)6-2-4-14-3-1-5-15-7-9-25-12-18(14)15/h1,3,5,7-10,12-13,16,19-21,29-30H,2,4,6,11H2,(H2,24,26,27)/t16-,19+,20+,21-/m0/s1. The zero-order chi connectivity index (χ0) is 20.7. The number of hydrogen-bond acceptors (Lipinski definition) is 6. The van der Waals surface area contributed by atoms with Gasteiger partial charge in [0.2, 0.25) is 0 Å². The maximum absolute atomic E-state index is 10.7. The summed E-state index contributed by atoms with van der Waals surface area (Å²) in [5, 5.41) is 24.6. The first-order valence-electron chi connectivity index (χ1n) is 10.4. The molecule has 0 amide bonds. The van der Waals surface area contributed by atoms with Gasteiger partial charge in [0, 0.05) is 24.0 Å². The molecular weight excluding hydrogens is 378 g/mol. The molecule has 1 saturated carbocycles. The van der Waals surface area contributed by atoms with Crippen LogP contribution in [0.15, 0.2) is 55.2 Å². The fraction of sp³-hybridized carbons (Fsp3) is 0.348. The van der Waals surface area contributed by atoms with Crippen molar-refractivity contribution < 1.29 is 10.2 Å². The van der Waals surface area contributed by atoms with Gasteiger partial charge < -0.3 is 20.5 Å². The van der Waals surface area contributed by atoms with Gasteiger partial charge >= 0.3 is 0 Å². The van der Waals surface area contributed by atoms with Crippen molar-refractivity contribution in [3.8, 4) is 0 Å². The summed E-state index contributed by atoms with van der Waals surface area (Å²) in [5.41, 5.74) is 7.91. The van der Waals surface area contributed by atoms with E-state index in [-0.39, 0.29) is 12.0 Å². The molecule has 4 aromatic rings. The van der Waals surface area contributed by atoms with Gasteiger partial charge in [-0.25, -0.2) is 9.97 Å². The van der Waals surface area contributed by atoms with E-state index in [1.54, 1.807) is 0 Å². The number of aromatic nitrogens is 4. The number of nitrogens with two attached hydrogens (primary N) is 1. The van der Waals surface area contributed by atoms with Gasteiger partial charge in [0.05, 0.1) is 17.5 Å². The van der Waals surface area contributed by atoms with Crippen molar-refractivity contribution in [2.75, 3.05) is 5.73 Å². The van der Waals surface area contributed by atoms with E-state index in [0.717, 1.165) is 24.6 Å². The van der Waals surface area contributed by atoms with Crippen LogP contribution in [-0.4, -0.2) is 41.9 Å². The third-order valence-corrected chi connectivity index (χ3v) is 6.46. The molecule has 154 valence electrons. The van der Waals surface area contributed by atoms with E-state index in [0.29, 0.717) is 17.9 Å². The van der Waals surface area contributed by atoms with Crippen LogP contribution in [0.25, 0.3) is 21.8 Å². The van der Waals surface area contributed by atoms with Crippen LogP contribution in [-0.2, 0) is 6.42 Å². The molecule has 3 aromatic heterocycles. The van der Waals surface area contributed by atoms with Crippen molar-refractivity contribution in [1.29, 1.82) is 0 Å². The number of fused-ring (bicyclic) bond motifs is 2. The second kappa shape index (κ2) is 7.66. The van der Waals surface area contributed by atoms with Gasteiger partial charge in [0.25, 0.3) is 0 Å². The molecule has 0 unspecified atom stereocenters. The third kappa shape index (κ3) is 3.20. The zero-order valence-electron chi connectivity index (χ0n) is 16.6. The highest BCUT2D eigenvalue weighted by Gasteiger charge is 2.42. The second-order valence-corrected chi connectivity index (χ2v) is 8.17. The Morgan fingerprint density at radius 1 is 1.07 bits per heavy atom. The number of nitrogen functional groups attached to an aromatic ring is 1. The van der Waals surface area contributed by atoms with E-state index in [2.05, 4.69) is 33.2 Å². The summed E-state index contributed by atoms with van der Waals surface area (Å²) in [6, 6.07) is 9.98. The van der Waals surface area contributed by atoms with Crippen LogP contribution in [0.3, 0.4) is 0 Å². The first-order chi connectivity index (χ1) is 14.6. The summed E-state index contributed by atoms with van der Waals surface area (Å²) >= 11 is 0. The minimum absolute atomic E-state index is 0.0368. The Kier molecular flexibility index (Phi) is 4.84. The molecule has 7 heteroatoms. The van der Waals surface area contributed by atoms with E-state index in [1.807, 2.05) is 35.3 Å². The number of aryl methyl sites for hydroxylation is 1. The van der Waals surface area contributed by atoms with Crippen LogP contribution in [0.4, 0.5) is 5.82 Å². The SMILES string of the molecule is Nc1ncnc2c1ccn2[C@@H]1C[C@H](CCCc2cccc3ccncc23)[C@@H](O)[C@H]1O. The van der Waals surface area contributed by atoms with Crippen LogP contribution >= 0.6 is 0 Å². The van der Waals surface area contributed by atoms with Crippen LogP contribution in [0.1, 0.15) is 30.9 Å². The van der Waals surface area contributed by atoms with Gasteiger partial charge in [-0.3, -0.25) is 4.98 Å². The molecule has 0 aliphatic heterocycles. The summed E-state index contributed by atoms with van der Waals surface area (Å²) < 4.78 is 1.93. The van der Waals surface area contributed by atoms with Crippen molar-refractivity contribution >= 4 is 27.6 Å². The molecular formula is C23H25N5O2. The molecule has 4 N–H and O–H groups in total. The van der Waals surface area contributed by atoms with Gasteiger partial charge in [0.15, 0.2) is 0 Å². The molecule has 3 heterocycles. The van der Waals surface area contributed by atoms with Gasteiger partial charge in [-0.15, -0.1) is 0 Å². The first-order valence-corrected chi connectivity index (χ1v) is 10.4. The van der Waals surface area contributed by atoms with E-state index < -0.39 is 12.2 Å². The highest BCUT2D eigenvalue weighted by Crippen LogP contribution is 2.40. The Labute approximate surface area is 174 Å². The minimum atomic E-state index is -0.830. The Hall–Kier alpha value is -3.03. The van der Waals surface area contributed by atoms with E-state index in [1.165, 1.54) is 22.7 Å². The summed E-state index contributed by atoms with van der Waals surface area (Å²) in [6.45, 7) is 0. The third-order valence-electron chi connectivity index (χ3n) is 6.46. The topological polar surface area (TPSA) is 110 Å². The second-order valence-electron chi connectivity index (χ2n) is 8.17. The van der Waals surface area contributed by atoms with Gasteiger partial charge in [-0.2, -0.15) is 0 Å². The lowest BCUT2D eigenvalue weighted by molar-refractivity contribution is 0.00511. The largest absolute Gasteiger partial charge is 0.390 e. The highest BCUT2D eigenvalue weighted by molar-refractivity contribution is 5.86. The average Bonchev–Trinajstić information content (AvgIpc) is 3.31. The number of aliphatic hydroxyl groups excluding tert-OH is 2. The molecule has 1 aliphatic rings. The van der Waals surface area contributed by atoms with Crippen LogP contribution in [0.2, 0.25) is 0 Å². The van der Waals surface area contributed by atoms with Crippen molar-refractivity contribution in [3.05, 3.63) is 60.8 Å². The average molecular weight is 403 g/mol. The maximum atomic E-state index is 10.7. The summed E-state index contributed by atoms with van der Waals surface area (Å²) in [7, 11) is 0. The van der Waals surface area contributed by atoms with Crippen molar-refractivity contribution in [2.45, 2.75) is 43.9 Å². The fourth-order valence-corrected chi connectivity index (χ4v) is 4.87. The van der Waals surface area contributed by atoms with Crippen molar-refractivity contribution in [3.63, 3.8) is 0 Å². The Morgan fingerprint density at radius 3 is 2.87 bits per heavy atom. The molecule has 0 spiro atoms. The number of anilines is 1. The van der Waals surface area contributed by atoms with Gasteiger partial charge in [0.1, 0.15) is 23.9 Å². The Balaban J connectivity index is 1.30. The maximum Gasteiger partial charge on any atom is 0.145 e. The van der Waals surface area contributed by atoms with Crippen molar-refractivity contribution in [1.82, 2.24) is 19.5 Å². The quantitative estimate of drug-likeness (QED) is 0.473. The molecule has 1 aromatic carbocycles. The molecule has 1 fully saturated rings. The summed E-state index contributed by atoms with van der Waals surface area (Å²) in [4.78, 5) is 12.6. The van der Waals surface area contributed by atoms with Crippen LogP contribution < -0.4 is 5.73 Å². The molecule has 7 nitrogen and oxygen atoms in total. The Morgan fingerprint density at radius 2 is 1.97 bits per heavy atom. The number of nitrogens with zero attached hydrogens (tertiary/aromatic N) is 4. The highest BCUT2D eigenvalue weighted by atomic mass is 16.3. The summed E-state index contributed by atoms with van der Waals surface area (Å²) in [6.07, 6.45) is 8.87. The van der Waals surface area contributed by atoms with E-state index in [4.69, 9.17) is 5.73 Å². The Bertz CT molecular complexity index is 1190. The molecule has 1 aliphatic carbocycles. The first kappa shape index (κ1) is 19.0. The molecule has 0 radical (unpaired) electrons. The van der Waals surface area contributed by atoms with E-state index >= 15 is 0 Å². The lowest BCUT2D eigenvalue weighted by Crippen LogP contribution is -2.29. The smallest absolute Gasteiger partial charge is 0.145 e. The van der Waals surface area contributed by atoms with Gasteiger partial charge in [-0.05, 0) is 54.7 Å². The molecule has 0 bridgehead atoms. The normalized spacial score (nSPS) is 24.1. The molecule has 0 saturated heterocycles. The fourth-order valence-electron chi connectivity index (χ4n) is 4.87. The minimum Gasteiger partial charge on any atom is -0.390 e. The number of pyridine rings is 1. The van der Waals surface area contributed by atoms with E-state index in [9.17, 15) is 10.2 Å².